The van der Waals surface area contributed by atoms with Crippen molar-refractivity contribution in [1.29, 1.82) is 0 Å². The van der Waals surface area contributed by atoms with Crippen molar-refractivity contribution in [3.63, 3.8) is 0 Å². The Bertz CT molecular complexity index is 806. The Hall–Kier alpha value is -2.33. The lowest BCUT2D eigenvalue weighted by molar-refractivity contribution is 0.00121. The summed E-state index contributed by atoms with van der Waals surface area (Å²) < 4.78 is 11.3. The molecule has 0 radical (unpaired) electrons. The fraction of sp³-hybridized carbons (Fsp3) is 0.435. The Labute approximate surface area is 162 Å². The van der Waals surface area contributed by atoms with Crippen molar-refractivity contribution in [3.8, 4) is 16.9 Å². The zero-order valence-electron chi connectivity index (χ0n) is 16.7. The molecule has 0 spiro atoms. The number of benzene rings is 2. The first-order chi connectivity index (χ1) is 13.0. The normalized spacial score (nSPS) is 14.1. The van der Waals surface area contributed by atoms with E-state index >= 15 is 0 Å². The van der Waals surface area contributed by atoms with E-state index in [0.29, 0.717) is 6.61 Å². The van der Waals surface area contributed by atoms with Crippen molar-refractivity contribution in [2.24, 2.45) is 5.16 Å². The lowest BCUT2D eigenvalue weighted by Gasteiger charge is -2.16. The van der Waals surface area contributed by atoms with Gasteiger partial charge in [-0.1, -0.05) is 29.4 Å². The Morgan fingerprint density at radius 2 is 1.56 bits per heavy atom. The first-order valence-corrected chi connectivity index (χ1v) is 9.70. The van der Waals surface area contributed by atoms with E-state index in [-0.39, 0.29) is 5.60 Å². The highest BCUT2D eigenvalue weighted by atomic mass is 16.6. The first kappa shape index (κ1) is 19.4. The van der Waals surface area contributed by atoms with Crippen LogP contribution < -0.4 is 4.74 Å². The van der Waals surface area contributed by atoms with E-state index in [9.17, 15) is 0 Å². The molecule has 0 heterocycles. The lowest BCUT2D eigenvalue weighted by Crippen LogP contribution is -2.17. The third kappa shape index (κ3) is 4.89. The molecule has 0 fully saturated rings. The monoisotopic (exact) mass is 367 g/mol. The number of rotatable bonds is 8. The Morgan fingerprint density at radius 3 is 2.30 bits per heavy atom. The molecule has 0 aliphatic heterocycles. The highest BCUT2D eigenvalue weighted by Gasteiger charge is 2.26. The number of fused-ring (bicyclic) bond motifs is 3. The molecule has 0 aromatic heterocycles. The topological polar surface area (TPSA) is 40.0 Å². The average molecular weight is 367 g/mol. The van der Waals surface area contributed by atoms with Crippen LogP contribution in [0.4, 0.5) is 0 Å². The maximum atomic E-state index is 5.95. The van der Waals surface area contributed by atoms with Crippen LogP contribution in [0.3, 0.4) is 0 Å². The van der Waals surface area contributed by atoms with Gasteiger partial charge < -0.3 is 14.3 Å². The summed E-state index contributed by atoms with van der Waals surface area (Å²) in [4.78, 5) is 5.74. The van der Waals surface area contributed by atoms with Crippen molar-refractivity contribution in [2.75, 3.05) is 19.8 Å². The van der Waals surface area contributed by atoms with Gasteiger partial charge in [-0.15, -0.1) is 0 Å². The fourth-order valence-corrected chi connectivity index (χ4v) is 3.03. The van der Waals surface area contributed by atoms with Crippen LogP contribution in [0.25, 0.3) is 11.1 Å². The van der Waals surface area contributed by atoms with Gasteiger partial charge in [0.1, 0.15) is 17.1 Å². The van der Waals surface area contributed by atoms with Crippen LogP contribution in [-0.2, 0) is 9.57 Å². The Kier molecular flexibility index (Phi) is 6.17. The minimum Gasteiger partial charge on any atom is -0.494 e. The summed E-state index contributed by atoms with van der Waals surface area (Å²) in [6.45, 7) is 10.3. The van der Waals surface area contributed by atoms with E-state index < -0.39 is 0 Å². The molecule has 27 heavy (non-hydrogen) atoms. The maximum absolute atomic E-state index is 5.95. The van der Waals surface area contributed by atoms with Crippen LogP contribution in [0, 0.1) is 0 Å². The second kappa shape index (κ2) is 8.57. The summed E-state index contributed by atoms with van der Waals surface area (Å²) >= 11 is 0. The second-order valence-electron chi connectivity index (χ2n) is 7.65. The van der Waals surface area contributed by atoms with E-state index in [1.54, 1.807) is 0 Å². The lowest BCUT2D eigenvalue weighted by atomic mass is 10.1. The molecule has 144 valence electrons. The number of oxime groups is 1. The van der Waals surface area contributed by atoms with E-state index in [0.717, 1.165) is 48.6 Å². The minimum absolute atomic E-state index is 0.334. The van der Waals surface area contributed by atoms with Gasteiger partial charge in [-0.05, 0) is 69.9 Å². The highest BCUT2D eigenvalue weighted by molar-refractivity contribution is 6.24. The second-order valence-corrected chi connectivity index (χ2v) is 7.65. The summed E-state index contributed by atoms with van der Waals surface area (Å²) in [6, 6.07) is 14.5. The van der Waals surface area contributed by atoms with E-state index in [4.69, 9.17) is 14.3 Å². The van der Waals surface area contributed by atoms with E-state index in [1.807, 2.05) is 39.8 Å². The summed E-state index contributed by atoms with van der Waals surface area (Å²) in [5.41, 5.74) is 5.06. The molecule has 0 saturated heterocycles. The van der Waals surface area contributed by atoms with Crippen molar-refractivity contribution in [1.82, 2.24) is 0 Å². The molecule has 1 aliphatic carbocycles. The van der Waals surface area contributed by atoms with Gasteiger partial charge in [-0.25, -0.2) is 0 Å². The molecule has 1 aliphatic rings. The standard InChI is InChI=1S/C23H29NO3/c1-5-25-14-8-9-15-26-17-12-13-19-18-10-6-7-11-20(18)22(21(19)16-17)24-27-23(2,3)4/h6-7,10-13,16H,5,8-9,14-15H2,1-4H3/b24-22+. The van der Waals surface area contributed by atoms with Gasteiger partial charge in [0.05, 0.1) is 6.61 Å². The first-order valence-electron chi connectivity index (χ1n) is 9.70. The molecule has 3 rings (SSSR count). The zero-order chi connectivity index (χ0) is 19.3. The third-order valence-electron chi connectivity index (χ3n) is 4.29. The average Bonchev–Trinajstić information content (AvgIpc) is 2.95. The number of hydrogen-bond acceptors (Lipinski definition) is 4. The quantitative estimate of drug-likeness (QED) is 0.394. The third-order valence-corrected chi connectivity index (χ3v) is 4.29. The molecular weight excluding hydrogens is 338 g/mol. The van der Waals surface area contributed by atoms with Gasteiger partial charge in [0.15, 0.2) is 0 Å². The van der Waals surface area contributed by atoms with Crippen LogP contribution in [0.1, 0.15) is 51.7 Å². The van der Waals surface area contributed by atoms with Gasteiger partial charge in [-0.2, -0.15) is 0 Å². The number of hydrogen-bond donors (Lipinski definition) is 0. The van der Waals surface area contributed by atoms with Gasteiger partial charge in [0.2, 0.25) is 0 Å². The molecule has 0 N–H and O–H groups in total. The number of ether oxygens (including phenoxy) is 2. The fourth-order valence-electron chi connectivity index (χ4n) is 3.03. The minimum atomic E-state index is -0.334. The van der Waals surface area contributed by atoms with Crippen LogP contribution in [0.5, 0.6) is 5.75 Å². The summed E-state index contributed by atoms with van der Waals surface area (Å²) in [7, 11) is 0. The largest absolute Gasteiger partial charge is 0.494 e. The Balaban J connectivity index is 1.78. The molecule has 0 bridgehead atoms. The zero-order valence-corrected chi connectivity index (χ0v) is 16.7. The molecule has 0 atom stereocenters. The highest BCUT2D eigenvalue weighted by Crippen LogP contribution is 2.39. The van der Waals surface area contributed by atoms with Crippen molar-refractivity contribution >= 4 is 5.71 Å². The molecule has 4 nitrogen and oxygen atoms in total. The van der Waals surface area contributed by atoms with E-state index in [1.165, 1.54) is 11.1 Å². The summed E-state index contributed by atoms with van der Waals surface area (Å²) in [6.07, 6.45) is 1.99. The van der Waals surface area contributed by atoms with Crippen LogP contribution in [0.2, 0.25) is 0 Å². The summed E-state index contributed by atoms with van der Waals surface area (Å²) in [5.74, 6) is 0.862. The van der Waals surface area contributed by atoms with Gasteiger partial charge >= 0.3 is 0 Å². The molecule has 0 saturated carbocycles. The predicted molar refractivity (Wildman–Crippen MR) is 110 cm³/mol. The van der Waals surface area contributed by atoms with Crippen LogP contribution in [0.15, 0.2) is 47.6 Å². The molecule has 0 amide bonds. The van der Waals surface area contributed by atoms with Gasteiger partial charge in [-0.3, -0.25) is 0 Å². The van der Waals surface area contributed by atoms with Gasteiger partial charge in [0.25, 0.3) is 0 Å². The van der Waals surface area contributed by atoms with Crippen LogP contribution in [-0.4, -0.2) is 31.1 Å². The molecule has 4 heteroatoms. The van der Waals surface area contributed by atoms with Crippen molar-refractivity contribution < 1.29 is 14.3 Å². The van der Waals surface area contributed by atoms with Crippen molar-refractivity contribution in [3.05, 3.63) is 53.6 Å². The predicted octanol–water partition coefficient (Wildman–Crippen LogP) is 5.43. The number of nitrogens with zero attached hydrogens (tertiary/aromatic N) is 1. The van der Waals surface area contributed by atoms with Crippen molar-refractivity contribution in [2.45, 2.75) is 46.1 Å². The molecule has 2 aromatic carbocycles. The molecule has 2 aromatic rings. The van der Waals surface area contributed by atoms with E-state index in [2.05, 4.69) is 35.5 Å². The molecular formula is C23H29NO3. The maximum Gasteiger partial charge on any atom is 0.129 e. The van der Waals surface area contributed by atoms with Crippen LogP contribution >= 0.6 is 0 Å². The smallest absolute Gasteiger partial charge is 0.129 e. The SMILES string of the molecule is CCOCCCCOc1ccc2c(c1)/C(=N/OC(C)(C)C)c1ccccc1-2. The summed E-state index contributed by atoms with van der Waals surface area (Å²) in [5, 5.41) is 4.49. The Morgan fingerprint density at radius 1 is 0.852 bits per heavy atom. The molecule has 0 unspecified atom stereocenters. The number of unbranched alkanes of at least 4 members (excludes halogenated alkanes) is 1. The van der Waals surface area contributed by atoms with Gasteiger partial charge in [0, 0.05) is 24.3 Å².